The van der Waals surface area contributed by atoms with Crippen LogP contribution in [0.2, 0.25) is 0 Å². The Balaban J connectivity index is 1.80. The smallest absolute Gasteiger partial charge is 0.387 e. The van der Waals surface area contributed by atoms with Crippen molar-refractivity contribution in [3.63, 3.8) is 0 Å². The molecule has 172 valence electrons. The number of alkyl halides is 3. The van der Waals surface area contributed by atoms with E-state index in [1.807, 2.05) is 0 Å². The van der Waals surface area contributed by atoms with E-state index in [0.29, 0.717) is 16.6 Å². The molecule has 0 bridgehead atoms. The molecule has 1 N–H and O–H groups in total. The number of hydrogen-bond donors (Lipinski definition) is 1. The monoisotopic (exact) mass is 458 g/mol. The SMILES string of the molecule is COc1cc(-c2cnn3cc(C(C)(C)C#N)ccc23)cc(OC(F)F)c1C(=O)N[C@H]1CC1F. The largest absolute Gasteiger partial charge is 0.496 e. The van der Waals surface area contributed by atoms with Crippen molar-refractivity contribution >= 4 is 11.4 Å². The highest BCUT2D eigenvalue weighted by Gasteiger charge is 2.40. The van der Waals surface area contributed by atoms with Gasteiger partial charge in [-0.1, -0.05) is 6.07 Å². The van der Waals surface area contributed by atoms with Crippen LogP contribution >= 0.6 is 0 Å². The molecule has 1 fully saturated rings. The lowest BCUT2D eigenvalue weighted by atomic mass is 9.87. The Morgan fingerprint density at radius 3 is 2.64 bits per heavy atom. The third-order valence-electron chi connectivity index (χ3n) is 5.59. The third kappa shape index (κ3) is 4.31. The van der Waals surface area contributed by atoms with Gasteiger partial charge in [0.2, 0.25) is 0 Å². The number of nitriles is 1. The van der Waals surface area contributed by atoms with Gasteiger partial charge in [-0.15, -0.1) is 0 Å². The van der Waals surface area contributed by atoms with Crippen molar-refractivity contribution < 1.29 is 27.4 Å². The van der Waals surface area contributed by atoms with Crippen molar-refractivity contribution in [1.82, 2.24) is 14.9 Å². The molecule has 33 heavy (non-hydrogen) atoms. The number of halogens is 3. The van der Waals surface area contributed by atoms with E-state index < -0.39 is 35.9 Å². The van der Waals surface area contributed by atoms with Gasteiger partial charge in [-0.25, -0.2) is 8.91 Å². The molecule has 10 heteroatoms. The molecule has 1 aliphatic carbocycles. The number of rotatable bonds is 7. The fraction of sp³-hybridized carbons (Fsp3) is 0.348. The molecular formula is C23H21F3N4O3. The van der Waals surface area contributed by atoms with Gasteiger partial charge in [-0.2, -0.15) is 19.1 Å². The summed E-state index contributed by atoms with van der Waals surface area (Å²) in [6.45, 7) is 0.382. The van der Waals surface area contributed by atoms with Crippen LogP contribution in [-0.2, 0) is 5.41 Å². The number of carbonyl (C=O) groups is 1. The third-order valence-corrected chi connectivity index (χ3v) is 5.59. The van der Waals surface area contributed by atoms with Crippen LogP contribution in [0.1, 0.15) is 36.2 Å². The zero-order valence-corrected chi connectivity index (χ0v) is 18.1. The van der Waals surface area contributed by atoms with Crippen LogP contribution in [0.5, 0.6) is 11.5 Å². The molecule has 1 unspecified atom stereocenters. The highest BCUT2D eigenvalue weighted by molar-refractivity contribution is 6.01. The minimum absolute atomic E-state index is 0.00158. The minimum Gasteiger partial charge on any atom is -0.496 e. The van der Waals surface area contributed by atoms with Crippen molar-refractivity contribution in [3.05, 3.63) is 47.8 Å². The molecule has 0 radical (unpaired) electrons. The lowest BCUT2D eigenvalue weighted by Crippen LogP contribution is -2.28. The number of benzene rings is 1. The van der Waals surface area contributed by atoms with Crippen LogP contribution in [0.4, 0.5) is 13.2 Å². The first-order valence-electron chi connectivity index (χ1n) is 10.2. The Morgan fingerprint density at radius 1 is 1.33 bits per heavy atom. The molecule has 7 nitrogen and oxygen atoms in total. The zero-order chi connectivity index (χ0) is 23.9. The molecule has 1 saturated carbocycles. The van der Waals surface area contributed by atoms with Crippen LogP contribution in [0.25, 0.3) is 16.6 Å². The molecular weight excluding hydrogens is 437 g/mol. The maximum absolute atomic E-state index is 13.2. The van der Waals surface area contributed by atoms with Gasteiger partial charge in [-0.3, -0.25) is 4.79 Å². The van der Waals surface area contributed by atoms with Crippen LogP contribution in [-0.4, -0.2) is 41.5 Å². The fourth-order valence-corrected chi connectivity index (χ4v) is 3.51. The van der Waals surface area contributed by atoms with E-state index in [4.69, 9.17) is 4.74 Å². The summed E-state index contributed by atoms with van der Waals surface area (Å²) < 4.78 is 51.1. The quantitative estimate of drug-likeness (QED) is 0.572. The van der Waals surface area contributed by atoms with E-state index in [-0.39, 0.29) is 17.7 Å². The summed E-state index contributed by atoms with van der Waals surface area (Å²) in [6.07, 6.45) is 2.27. The molecule has 0 spiro atoms. The molecule has 3 aromatic rings. The molecule has 1 amide bonds. The summed E-state index contributed by atoms with van der Waals surface area (Å²) in [6, 6.07) is 7.95. The number of aromatic nitrogens is 2. The van der Waals surface area contributed by atoms with Crippen LogP contribution in [0, 0.1) is 11.3 Å². The van der Waals surface area contributed by atoms with Crippen molar-refractivity contribution in [2.45, 2.75) is 44.5 Å². The summed E-state index contributed by atoms with van der Waals surface area (Å²) in [7, 11) is 1.30. The normalized spacial score (nSPS) is 17.6. The second-order valence-corrected chi connectivity index (χ2v) is 8.30. The summed E-state index contributed by atoms with van der Waals surface area (Å²) >= 11 is 0. The van der Waals surface area contributed by atoms with E-state index in [0.717, 1.165) is 5.56 Å². The summed E-state index contributed by atoms with van der Waals surface area (Å²) in [4.78, 5) is 12.7. The van der Waals surface area contributed by atoms with Crippen molar-refractivity contribution in [2.75, 3.05) is 7.11 Å². The highest BCUT2D eigenvalue weighted by Crippen LogP contribution is 2.38. The van der Waals surface area contributed by atoms with Gasteiger partial charge in [0.05, 0.1) is 36.3 Å². The number of nitrogens with zero attached hydrogens (tertiary/aromatic N) is 3. The summed E-state index contributed by atoms with van der Waals surface area (Å²) in [5.41, 5.74) is 1.44. The van der Waals surface area contributed by atoms with E-state index >= 15 is 0 Å². The van der Waals surface area contributed by atoms with Crippen molar-refractivity contribution in [1.29, 1.82) is 5.26 Å². The number of nitrogens with one attached hydrogen (secondary N) is 1. The number of methoxy groups -OCH3 is 1. The first-order chi connectivity index (χ1) is 15.6. The summed E-state index contributed by atoms with van der Waals surface area (Å²) in [5.74, 6) is -1.16. The number of carbonyl (C=O) groups excluding carboxylic acids is 1. The Kier molecular flexibility index (Phi) is 5.66. The van der Waals surface area contributed by atoms with E-state index in [1.54, 1.807) is 36.7 Å². The van der Waals surface area contributed by atoms with Crippen molar-refractivity contribution in [2.24, 2.45) is 0 Å². The number of pyridine rings is 1. The maximum atomic E-state index is 13.2. The molecule has 1 aromatic carbocycles. The first kappa shape index (κ1) is 22.5. The second kappa shape index (κ2) is 8.31. The number of ether oxygens (including phenoxy) is 2. The summed E-state index contributed by atoms with van der Waals surface area (Å²) in [5, 5.41) is 16.2. The van der Waals surface area contributed by atoms with Crippen LogP contribution in [0.3, 0.4) is 0 Å². The second-order valence-electron chi connectivity index (χ2n) is 8.30. The van der Waals surface area contributed by atoms with E-state index in [2.05, 4.69) is 21.2 Å². The Labute approximate surface area is 187 Å². The Bertz CT molecular complexity index is 1270. The first-order valence-corrected chi connectivity index (χ1v) is 10.2. The van der Waals surface area contributed by atoms with Gasteiger partial charge in [-0.05, 0) is 43.2 Å². The fourth-order valence-electron chi connectivity index (χ4n) is 3.51. The molecule has 2 heterocycles. The molecule has 1 aliphatic rings. The van der Waals surface area contributed by atoms with Gasteiger partial charge in [0.1, 0.15) is 23.2 Å². The molecule has 0 saturated heterocycles. The Hall–Kier alpha value is -3.74. The molecule has 2 aromatic heterocycles. The van der Waals surface area contributed by atoms with Gasteiger partial charge < -0.3 is 14.8 Å². The predicted octanol–water partition coefficient (Wildman–Crippen LogP) is 4.25. The predicted molar refractivity (Wildman–Crippen MR) is 113 cm³/mol. The van der Waals surface area contributed by atoms with Crippen LogP contribution in [0.15, 0.2) is 36.7 Å². The maximum Gasteiger partial charge on any atom is 0.387 e. The van der Waals surface area contributed by atoms with Crippen molar-refractivity contribution in [3.8, 4) is 28.7 Å². The number of amides is 1. The zero-order valence-electron chi connectivity index (χ0n) is 18.1. The number of fused-ring (bicyclic) bond motifs is 1. The molecule has 4 rings (SSSR count). The van der Waals surface area contributed by atoms with Crippen LogP contribution < -0.4 is 14.8 Å². The van der Waals surface area contributed by atoms with E-state index in [9.17, 15) is 23.2 Å². The average Bonchev–Trinajstić information content (AvgIpc) is 3.30. The van der Waals surface area contributed by atoms with Gasteiger partial charge >= 0.3 is 6.61 Å². The van der Waals surface area contributed by atoms with Gasteiger partial charge in [0, 0.05) is 18.2 Å². The highest BCUT2D eigenvalue weighted by atomic mass is 19.3. The topological polar surface area (TPSA) is 88.7 Å². The lowest BCUT2D eigenvalue weighted by Gasteiger charge is -2.17. The standard InChI is InChI=1S/C23H21F3N4O3/c1-23(2,11-27)13-4-5-17-14(9-28-30(17)10-13)12-6-18(32-3)20(19(7-12)33-22(25)26)21(31)29-16-8-15(16)24/h4-7,9-10,15-16,22H,8H2,1-3H3,(H,29,31)/t15?,16-/m0/s1. The molecule has 0 aliphatic heterocycles. The molecule has 2 atom stereocenters. The van der Waals surface area contributed by atoms with Gasteiger partial charge in [0.25, 0.3) is 5.91 Å². The number of hydrogen-bond acceptors (Lipinski definition) is 5. The van der Waals surface area contributed by atoms with Gasteiger partial charge in [0.15, 0.2) is 0 Å². The minimum atomic E-state index is -3.19. The average molecular weight is 458 g/mol. The van der Waals surface area contributed by atoms with E-state index in [1.165, 1.54) is 25.4 Å². The Morgan fingerprint density at radius 2 is 2.03 bits per heavy atom. The lowest BCUT2D eigenvalue weighted by molar-refractivity contribution is -0.0502.